The Morgan fingerprint density at radius 2 is 1.74 bits per heavy atom. The van der Waals surface area contributed by atoms with Crippen molar-refractivity contribution in [3.05, 3.63) is 73.2 Å². The van der Waals surface area contributed by atoms with E-state index in [1.165, 1.54) is 0 Å². The van der Waals surface area contributed by atoms with Gasteiger partial charge in [0.15, 0.2) is 11.5 Å². The highest BCUT2D eigenvalue weighted by molar-refractivity contribution is 5.96. The molecule has 0 saturated heterocycles. The summed E-state index contributed by atoms with van der Waals surface area (Å²) in [6.45, 7) is 3.92. The molecule has 0 atom stereocenters. The zero-order chi connectivity index (χ0) is 23.6. The molecule has 0 saturated carbocycles. The molecule has 0 fully saturated rings. The van der Waals surface area contributed by atoms with E-state index in [9.17, 15) is 0 Å². The Balaban J connectivity index is 1.40. The number of nitrogens with one attached hydrogen (secondary N) is 3. The molecule has 172 valence electrons. The standard InChI is InChI=1S/C26H23N9/c1-2-5-28-10-16-8-18(12-29-11-16)19-9-20-24(34-35-25(20)31-13-19)26-32-22-15-30-14-21(23(22)33-26)17-3-6-27-7-4-17/h3-4,6-9,11-15,28H,2,5,10H2,1H3,(H,32,33)(H,31,34,35). The van der Waals surface area contributed by atoms with Gasteiger partial charge < -0.3 is 10.3 Å². The minimum Gasteiger partial charge on any atom is -0.335 e. The van der Waals surface area contributed by atoms with E-state index in [1.807, 2.05) is 36.9 Å². The topological polar surface area (TPSA) is 121 Å². The summed E-state index contributed by atoms with van der Waals surface area (Å²) in [6.07, 6.45) is 13.8. The van der Waals surface area contributed by atoms with Gasteiger partial charge in [0, 0.05) is 60.4 Å². The van der Waals surface area contributed by atoms with Crippen molar-refractivity contribution in [2.75, 3.05) is 6.54 Å². The Hall–Kier alpha value is -4.50. The van der Waals surface area contributed by atoms with E-state index < -0.39 is 0 Å². The van der Waals surface area contributed by atoms with Gasteiger partial charge in [-0.2, -0.15) is 5.10 Å². The van der Waals surface area contributed by atoms with Crippen molar-refractivity contribution in [3.8, 4) is 33.8 Å². The maximum Gasteiger partial charge on any atom is 0.181 e. The highest BCUT2D eigenvalue weighted by Gasteiger charge is 2.16. The maximum absolute atomic E-state index is 4.90. The predicted molar refractivity (Wildman–Crippen MR) is 135 cm³/mol. The van der Waals surface area contributed by atoms with E-state index in [2.05, 4.69) is 59.5 Å². The van der Waals surface area contributed by atoms with Crippen LogP contribution in [0.3, 0.4) is 0 Å². The lowest BCUT2D eigenvalue weighted by molar-refractivity contribution is 0.674. The SMILES string of the molecule is CCCNCc1cncc(-c2cnc3n[nH]c(-c4nc5c(-c6ccncc6)cncc5[nH]4)c3c2)c1. The third-order valence-corrected chi connectivity index (χ3v) is 5.92. The van der Waals surface area contributed by atoms with Gasteiger partial charge in [0.05, 0.1) is 22.6 Å². The van der Waals surface area contributed by atoms with Crippen LogP contribution in [0.15, 0.2) is 67.6 Å². The first-order valence-electron chi connectivity index (χ1n) is 11.5. The first-order chi connectivity index (χ1) is 17.3. The van der Waals surface area contributed by atoms with Crippen LogP contribution in [0.25, 0.3) is 55.8 Å². The summed E-state index contributed by atoms with van der Waals surface area (Å²) in [7, 11) is 0. The van der Waals surface area contributed by atoms with Crippen molar-refractivity contribution >= 4 is 22.1 Å². The van der Waals surface area contributed by atoms with Crippen LogP contribution in [-0.2, 0) is 6.54 Å². The maximum atomic E-state index is 4.90. The molecule has 6 aromatic heterocycles. The Kier molecular flexibility index (Phi) is 5.44. The molecule has 6 rings (SSSR count). The Bertz CT molecular complexity index is 1620. The van der Waals surface area contributed by atoms with E-state index in [4.69, 9.17) is 4.98 Å². The smallest absolute Gasteiger partial charge is 0.181 e. The molecule has 0 spiro atoms. The second kappa shape index (κ2) is 9.03. The predicted octanol–water partition coefficient (Wildman–Crippen LogP) is 4.52. The average molecular weight is 462 g/mol. The van der Waals surface area contributed by atoms with Gasteiger partial charge in [-0.15, -0.1) is 0 Å². The molecular formula is C26H23N9. The van der Waals surface area contributed by atoms with E-state index in [-0.39, 0.29) is 0 Å². The summed E-state index contributed by atoms with van der Waals surface area (Å²) < 4.78 is 0. The van der Waals surface area contributed by atoms with Crippen LogP contribution in [-0.4, -0.2) is 46.6 Å². The minimum atomic E-state index is 0.630. The number of pyridine rings is 4. The number of fused-ring (bicyclic) bond motifs is 2. The normalized spacial score (nSPS) is 11.5. The number of hydrogen-bond donors (Lipinski definition) is 3. The number of H-pyrrole nitrogens is 2. The summed E-state index contributed by atoms with van der Waals surface area (Å²) in [5, 5.41) is 11.8. The zero-order valence-electron chi connectivity index (χ0n) is 19.2. The van der Waals surface area contributed by atoms with Crippen LogP contribution < -0.4 is 5.32 Å². The zero-order valence-corrected chi connectivity index (χ0v) is 19.2. The lowest BCUT2D eigenvalue weighted by Gasteiger charge is -2.06. The molecular weight excluding hydrogens is 438 g/mol. The molecule has 6 aromatic rings. The minimum absolute atomic E-state index is 0.630. The fourth-order valence-corrected chi connectivity index (χ4v) is 4.18. The van der Waals surface area contributed by atoms with Crippen molar-refractivity contribution in [1.29, 1.82) is 0 Å². The molecule has 0 radical (unpaired) electrons. The van der Waals surface area contributed by atoms with Gasteiger partial charge in [-0.3, -0.25) is 20.1 Å². The van der Waals surface area contributed by atoms with Gasteiger partial charge in [0.2, 0.25) is 0 Å². The van der Waals surface area contributed by atoms with Gasteiger partial charge in [0.25, 0.3) is 0 Å². The van der Waals surface area contributed by atoms with Crippen molar-refractivity contribution in [2.45, 2.75) is 19.9 Å². The lowest BCUT2D eigenvalue weighted by atomic mass is 10.1. The molecule has 0 bridgehead atoms. The van der Waals surface area contributed by atoms with Gasteiger partial charge in [-0.1, -0.05) is 6.92 Å². The highest BCUT2D eigenvalue weighted by Crippen LogP contribution is 2.31. The number of nitrogens with zero attached hydrogens (tertiary/aromatic N) is 6. The number of aromatic nitrogens is 8. The van der Waals surface area contributed by atoms with Crippen LogP contribution in [0.1, 0.15) is 18.9 Å². The summed E-state index contributed by atoms with van der Waals surface area (Å²) >= 11 is 0. The Morgan fingerprint density at radius 1 is 0.886 bits per heavy atom. The summed E-state index contributed by atoms with van der Waals surface area (Å²) in [5.74, 6) is 0.681. The van der Waals surface area contributed by atoms with E-state index in [0.29, 0.717) is 11.5 Å². The summed E-state index contributed by atoms with van der Waals surface area (Å²) in [6, 6.07) is 8.13. The molecule has 0 aliphatic rings. The van der Waals surface area contributed by atoms with Crippen LogP contribution in [0.4, 0.5) is 0 Å². The number of rotatable bonds is 7. The van der Waals surface area contributed by atoms with Crippen LogP contribution in [0.5, 0.6) is 0 Å². The molecule has 0 aliphatic heterocycles. The Morgan fingerprint density at radius 3 is 2.63 bits per heavy atom. The number of hydrogen-bond acceptors (Lipinski definition) is 7. The summed E-state index contributed by atoms with van der Waals surface area (Å²) in [4.78, 5) is 25.8. The van der Waals surface area contributed by atoms with E-state index in [1.54, 1.807) is 18.6 Å². The molecule has 0 aromatic carbocycles. The molecule has 0 unspecified atom stereocenters. The van der Waals surface area contributed by atoms with Crippen LogP contribution in [0, 0.1) is 0 Å². The van der Waals surface area contributed by atoms with Gasteiger partial charge >= 0.3 is 0 Å². The summed E-state index contributed by atoms with van der Waals surface area (Å²) in [5.41, 5.74) is 8.16. The molecule has 9 heteroatoms. The average Bonchev–Trinajstić information content (AvgIpc) is 3.53. The third kappa shape index (κ3) is 4.02. The van der Waals surface area contributed by atoms with Crippen molar-refractivity contribution < 1.29 is 0 Å². The quantitative estimate of drug-likeness (QED) is 0.299. The number of aromatic amines is 2. The van der Waals surface area contributed by atoms with Crippen LogP contribution >= 0.6 is 0 Å². The molecule has 0 aliphatic carbocycles. The molecule has 3 N–H and O–H groups in total. The second-order valence-electron chi connectivity index (χ2n) is 8.36. The van der Waals surface area contributed by atoms with Crippen molar-refractivity contribution in [3.63, 3.8) is 0 Å². The Labute approximate surface area is 201 Å². The third-order valence-electron chi connectivity index (χ3n) is 5.92. The second-order valence-corrected chi connectivity index (χ2v) is 8.36. The van der Waals surface area contributed by atoms with Crippen molar-refractivity contribution in [1.82, 2.24) is 45.4 Å². The van der Waals surface area contributed by atoms with Gasteiger partial charge in [-0.05, 0) is 48.4 Å². The lowest BCUT2D eigenvalue weighted by Crippen LogP contribution is -2.13. The first kappa shape index (κ1) is 21.1. The largest absolute Gasteiger partial charge is 0.335 e. The molecule has 0 amide bonds. The molecule has 9 nitrogen and oxygen atoms in total. The fraction of sp³-hybridized carbons (Fsp3) is 0.154. The molecule has 6 heterocycles. The van der Waals surface area contributed by atoms with Gasteiger partial charge in [0.1, 0.15) is 5.69 Å². The first-order valence-corrected chi connectivity index (χ1v) is 11.5. The highest BCUT2D eigenvalue weighted by atomic mass is 15.2. The van der Waals surface area contributed by atoms with Crippen molar-refractivity contribution in [2.24, 2.45) is 0 Å². The van der Waals surface area contributed by atoms with E-state index >= 15 is 0 Å². The van der Waals surface area contributed by atoms with Crippen LogP contribution in [0.2, 0.25) is 0 Å². The van der Waals surface area contributed by atoms with Gasteiger partial charge in [-0.25, -0.2) is 9.97 Å². The fourth-order valence-electron chi connectivity index (χ4n) is 4.18. The monoisotopic (exact) mass is 461 g/mol. The number of imidazole rings is 1. The molecule has 35 heavy (non-hydrogen) atoms. The van der Waals surface area contributed by atoms with E-state index in [0.717, 1.165) is 69.4 Å².